The van der Waals surface area contributed by atoms with Crippen LogP contribution in [0.3, 0.4) is 0 Å². The van der Waals surface area contributed by atoms with Gasteiger partial charge in [-0.15, -0.1) is 0 Å². The molecular weight excluding hydrogens is 696 g/mol. The van der Waals surface area contributed by atoms with E-state index in [9.17, 15) is 18.0 Å². The molecule has 1 atom stereocenters. The molecule has 7 heteroatoms. The fourth-order valence-electron chi connectivity index (χ4n) is 6.31. The molecule has 0 spiro atoms. The van der Waals surface area contributed by atoms with E-state index in [0.29, 0.717) is 40.5 Å². The molecule has 1 unspecified atom stereocenters. The second-order valence-electron chi connectivity index (χ2n) is 11.9. The van der Waals surface area contributed by atoms with Gasteiger partial charge in [0.25, 0.3) is 0 Å². The molecule has 1 fully saturated rings. The number of halogens is 4. The summed E-state index contributed by atoms with van der Waals surface area (Å²) in [7, 11) is 0. The maximum absolute atomic E-state index is 13.5. The van der Waals surface area contributed by atoms with Crippen molar-refractivity contribution in [3.63, 3.8) is 0 Å². The van der Waals surface area contributed by atoms with Gasteiger partial charge in [0, 0.05) is 0 Å². The summed E-state index contributed by atoms with van der Waals surface area (Å²) in [5.74, 6) is 1.06. The summed E-state index contributed by atoms with van der Waals surface area (Å²) in [6.45, 7) is 2.20. The number of ketones is 1. The number of carbonyl (C=O) groups is 1. The van der Waals surface area contributed by atoms with E-state index in [2.05, 4.69) is 48.3 Å². The summed E-state index contributed by atoms with van der Waals surface area (Å²) in [4.78, 5) is 18.1. The number of nitrogens with zero attached hydrogens (tertiary/aromatic N) is 1. The van der Waals surface area contributed by atoms with E-state index in [0.717, 1.165) is 37.8 Å². The molecule has 0 saturated carbocycles. The zero-order valence-corrected chi connectivity index (χ0v) is 28.4. The van der Waals surface area contributed by atoms with Crippen molar-refractivity contribution in [3.05, 3.63) is 123 Å². The number of alkyl halides is 5. The van der Waals surface area contributed by atoms with Crippen molar-refractivity contribution < 1.29 is 18.0 Å². The van der Waals surface area contributed by atoms with Gasteiger partial charge in [-0.1, -0.05) is 0 Å². The van der Waals surface area contributed by atoms with E-state index < -0.39 is 31.6 Å². The van der Waals surface area contributed by atoms with E-state index in [1.807, 2.05) is 24.3 Å². The van der Waals surface area contributed by atoms with Crippen molar-refractivity contribution in [2.45, 2.75) is 64.0 Å². The standard InChI is InChI=1S/C39H42F3IN2O/c1-2-3-4-8-18-36(46)37(28-12-6-5-7-13-28)29-23-25-43(26-24-29)32-19-21-33(22-20-32)45-38(44)35-17-10-9-16-34(35)30-14-11-15-31(27-30)39(40,41)42/h5-7,9-17,19-22,27,29,37H,2-4,8,18,23-26H2,1H3,(H2,44,45). The first kappa shape index (κ1) is 33.9. The molecule has 1 aliphatic rings. The molecule has 5 rings (SSSR count). The molecule has 0 bridgehead atoms. The minimum atomic E-state index is -4.43. The fourth-order valence-corrected chi connectivity index (χ4v) is 12.6. The summed E-state index contributed by atoms with van der Waals surface area (Å²) in [6, 6.07) is 31.1. The molecule has 1 saturated heterocycles. The summed E-state index contributed by atoms with van der Waals surface area (Å²) < 4.78 is 43.9. The Morgan fingerprint density at radius 2 is 1.57 bits per heavy atom. The first-order valence-corrected chi connectivity index (χ1v) is 20.3. The predicted octanol–water partition coefficient (Wildman–Crippen LogP) is 10.8. The SMILES string of the molecule is CCCCCCC(=O)C(c1ccccc1)C1CCI(c2ccc(N=C(N)c3ccccc3-c3cccc(C(F)(F)F)c3)cc2)CC1. The van der Waals surface area contributed by atoms with Gasteiger partial charge >= 0.3 is 266 Å². The number of hydrogen-bond donors (Lipinski definition) is 1. The van der Waals surface area contributed by atoms with Gasteiger partial charge in [0.05, 0.1) is 0 Å². The Balaban J connectivity index is 1.26. The van der Waals surface area contributed by atoms with Crippen LogP contribution in [0.4, 0.5) is 18.9 Å². The van der Waals surface area contributed by atoms with E-state index in [1.54, 1.807) is 24.3 Å². The van der Waals surface area contributed by atoms with Crippen LogP contribution in [0.15, 0.2) is 108 Å². The van der Waals surface area contributed by atoms with E-state index in [4.69, 9.17) is 5.73 Å². The van der Waals surface area contributed by atoms with Crippen LogP contribution in [0.5, 0.6) is 0 Å². The average molecular weight is 739 g/mol. The van der Waals surface area contributed by atoms with Crippen LogP contribution in [0, 0.1) is 9.49 Å². The van der Waals surface area contributed by atoms with Crippen LogP contribution >= 0.6 is 19.8 Å². The third kappa shape index (κ3) is 8.66. The Hall–Kier alpha value is -3.46. The zero-order valence-electron chi connectivity index (χ0n) is 26.3. The average Bonchev–Trinajstić information content (AvgIpc) is 3.08. The number of rotatable bonds is 12. The van der Waals surface area contributed by atoms with Crippen molar-refractivity contribution in [2.75, 3.05) is 8.86 Å². The van der Waals surface area contributed by atoms with Gasteiger partial charge in [0.2, 0.25) is 0 Å². The van der Waals surface area contributed by atoms with Crippen molar-refractivity contribution in [2.24, 2.45) is 16.6 Å². The first-order valence-electron chi connectivity index (χ1n) is 16.1. The molecule has 4 aromatic rings. The monoisotopic (exact) mass is 738 g/mol. The number of benzene rings is 4. The zero-order chi connectivity index (χ0) is 32.5. The molecule has 242 valence electrons. The quantitative estimate of drug-likeness (QED) is 0.0517. The molecule has 1 aliphatic heterocycles. The topological polar surface area (TPSA) is 55.5 Å². The number of Topliss-reactive ketones (excluding diaryl/α,β-unsaturated/α-hetero) is 1. The number of aliphatic imine (C=N–C) groups is 1. The maximum atomic E-state index is 13.5. The number of carbonyl (C=O) groups excluding carboxylic acids is 1. The Morgan fingerprint density at radius 1 is 0.870 bits per heavy atom. The molecule has 0 radical (unpaired) electrons. The van der Waals surface area contributed by atoms with E-state index in [1.165, 1.54) is 36.9 Å². The van der Waals surface area contributed by atoms with Crippen LogP contribution in [0.1, 0.15) is 74.5 Å². The normalized spacial score (nSPS) is 15.9. The van der Waals surface area contributed by atoms with Gasteiger partial charge in [-0.3, -0.25) is 0 Å². The molecule has 46 heavy (non-hydrogen) atoms. The van der Waals surface area contributed by atoms with E-state index in [-0.39, 0.29) is 11.8 Å². The van der Waals surface area contributed by atoms with Gasteiger partial charge in [0.1, 0.15) is 0 Å². The summed E-state index contributed by atoms with van der Waals surface area (Å²) in [5, 5.41) is 0. The Morgan fingerprint density at radius 3 is 2.26 bits per heavy atom. The van der Waals surface area contributed by atoms with Crippen molar-refractivity contribution in [1.82, 2.24) is 0 Å². The molecule has 4 aromatic carbocycles. The molecule has 0 aromatic heterocycles. The van der Waals surface area contributed by atoms with Crippen molar-refractivity contribution in [1.29, 1.82) is 0 Å². The second kappa shape index (κ2) is 15.9. The summed E-state index contributed by atoms with van der Waals surface area (Å²) >= 11 is -1.39. The van der Waals surface area contributed by atoms with E-state index >= 15 is 0 Å². The molecule has 1 heterocycles. The van der Waals surface area contributed by atoms with Crippen LogP contribution in [0.25, 0.3) is 11.1 Å². The van der Waals surface area contributed by atoms with Gasteiger partial charge in [-0.2, -0.15) is 13.2 Å². The van der Waals surface area contributed by atoms with Crippen molar-refractivity contribution >= 4 is 37.1 Å². The van der Waals surface area contributed by atoms with Gasteiger partial charge in [0.15, 0.2) is 0 Å². The van der Waals surface area contributed by atoms with Gasteiger partial charge < -0.3 is 0 Å². The predicted molar refractivity (Wildman–Crippen MR) is 192 cm³/mol. The Kier molecular flexibility index (Phi) is 11.7. The van der Waals surface area contributed by atoms with Crippen LogP contribution < -0.4 is 5.73 Å². The summed E-state index contributed by atoms with van der Waals surface area (Å²) in [6.07, 6.45) is 2.89. The number of amidine groups is 1. The number of hydrogen-bond acceptors (Lipinski definition) is 2. The van der Waals surface area contributed by atoms with Crippen LogP contribution in [-0.4, -0.2) is 20.5 Å². The second-order valence-corrected chi connectivity index (χ2v) is 17.9. The molecule has 0 amide bonds. The third-order valence-corrected chi connectivity index (χ3v) is 15.1. The Labute approximate surface area is 277 Å². The van der Waals surface area contributed by atoms with Crippen molar-refractivity contribution in [3.8, 4) is 11.1 Å². The number of nitrogens with two attached hydrogens (primary N) is 1. The fraction of sp³-hybridized carbons (Fsp3) is 0.333. The minimum absolute atomic E-state index is 0.000600. The van der Waals surface area contributed by atoms with Crippen LogP contribution in [-0.2, 0) is 11.0 Å². The molecule has 3 nitrogen and oxygen atoms in total. The first-order chi connectivity index (χ1) is 22.2. The van der Waals surface area contributed by atoms with Crippen LogP contribution in [0.2, 0.25) is 0 Å². The Bertz CT molecular complexity index is 1610. The molecule has 2 N–H and O–H groups in total. The third-order valence-electron chi connectivity index (χ3n) is 8.76. The number of unbranched alkanes of at least 4 members (excludes halogenated alkanes) is 3. The van der Waals surface area contributed by atoms with Gasteiger partial charge in [-0.25, -0.2) is 0 Å². The molecular formula is C39H42F3IN2O. The van der Waals surface area contributed by atoms with Gasteiger partial charge in [-0.05, 0) is 0 Å². The summed E-state index contributed by atoms with van der Waals surface area (Å²) in [5.41, 5.74) is 9.26. The molecule has 0 aliphatic carbocycles.